The lowest BCUT2D eigenvalue weighted by molar-refractivity contribution is -0.138. The van der Waals surface area contributed by atoms with Gasteiger partial charge in [-0.15, -0.1) is 0 Å². The SMILES string of the molecule is O=C(N[C@@H](Cc1ccc(O)cc1)C(=O)N1CC[C@@H]2[C@H]1C(=O)CN2C(=O)c1ccccc1)c1cccc2ccccc12. The van der Waals surface area contributed by atoms with Crippen LogP contribution < -0.4 is 5.32 Å². The molecule has 0 radical (unpaired) electrons. The Morgan fingerprint density at radius 3 is 2.34 bits per heavy atom. The van der Waals surface area contributed by atoms with Crippen molar-refractivity contribution in [3.05, 3.63) is 114 Å². The molecule has 4 aromatic rings. The highest BCUT2D eigenvalue weighted by molar-refractivity contribution is 6.08. The van der Waals surface area contributed by atoms with Crippen molar-refractivity contribution in [2.45, 2.75) is 31.0 Å². The number of nitrogens with one attached hydrogen (secondary N) is 1. The highest BCUT2D eigenvalue weighted by atomic mass is 16.3. The molecule has 6 rings (SSSR count). The fourth-order valence-corrected chi connectivity index (χ4v) is 6.01. The molecule has 0 bridgehead atoms. The van der Waals surface area contributed by atoms with E-state index in [0.29, 0.717) is 24.1 Å². The number of carbonyl (C=O) groups is 4. The molecule has 0 unspecified atom stereocenters. The van der Waals surface area contributed by atoms with Crippen LogP contribution in [-0.4, -0.2) is 69.6 Å². The van der Waals surface area contributed by atoms with Crippen molar-refractivity contribution in [1.29, 1.82) is 0 Å². The monoisotopic (exact) mass is 547 g/mol. The van der Waals surface area contributed by atoms with Gasteiger partial charge in [-0.2, -0.15) is 0 Å². The zero-order valence-corrected chi connectivity index (χ0v) is 22.3. The third-order valence-electron chi connectivity index (χ3n) is 8.00. The average molecular weight is 548 g/mol. The summed E-state index contributed by atoms with van der Waals surface area (Å²) in [6.07, 6.45) is 0.647. The molecule has 3 atom stereocenters. The minimum absolute atomic E-state index is 0.0577. The third kappa shape index (κ3) is 5.04. The molecular weight excluding hydrogens is 518 g/mol. The van der Waals surface area contributed by atoms with Crippen molar-refractivity contribution in [2.75, 3.05) is 13.1 Å². The molecule has 2 saturated heterocycles. The summed E-state index contributed by atoms with van der Waals surface area (Å²) >= 11 is 0. The number of Topliss-reactive ketones (excluding diaryl/α,β-unsaturated/α-hetero) is 1. The lowest BCUT2D eigenvalue weighted by atomic mass is 10.0. The van der Waals surface area contributed by atoms with Gasteiger partial charge in [0.15, 0.2) is 5.78 Å². The van der Waals surface area contributed by atoms with E-state index in [4.69, 9.17) is 0 Å². The molecule has 0 saturated carbocycles. The molecule has 8 nitrogen and oxygen atoms in total. The third-order valence-corrected chi connectivity index (χ3v) is 8.00. The number of carbonyl (C=O) groups excluding carboxylic acids is 4. The molecule has 0 aliphatic carbocycles. The quantitative estimate of drug-likeness (QED) is 0.384. The first-order valence-electron chi connectivity index (χ1n) is 13.7. The molecule has 2 fully saturated rings. The number of phenolic OH excluding ortho intramolecular Hbond substituents is 1. The molecule has 0 spiro atoms. The van der Waals surface area contributed by atoms with E-state index in [9.17, 15) is 24.3 Å². The second-order valence-electron chi connectivity index (χ2n) is 10.5. The molecule has 0 aromatic heterocycles. The topological polar surface area (TPSA) is 107 Å². The standard InChI is InChI=1S/C33H29N3O5/c37-24-15-13-21(14-16-24)19-27(34-31(39)26-12-6-10-22-7-4-5-11-25(22)26)33(41)35-18-17-28-30(35)29(38)20-36(28)32(40)23-8-2-1-3-9-23/h1-16,27-28,30,37H,17-20H2,(H,34,39)/t27-,28+,30-/m0/s1. The number of hydrogen-bond acceptors (Lipinski definition) is 5. The number of phenols is 1. The van der Waals surface area contributed by atoms with Crippen molar-refractivity contribution in [2.24, 2.45) is 0 Å². The smallest absolute Gasteiger partial charge is 0.254 e. The van der Waals surface area contributed by atoms with Crippen LogP contribution in [0.4, 0.5) is 0 Å². The second-order valence-corrected chi connectivity index (χ2v) is 10.5. The molecule has 2 heterocycles. The molecule has 41 heavy (non-hydrogen) atoms. The van der Waals surface area contributed by atoms with Crippen molar-refractivity contribution in [3.8, 4) is 5.75 Å². The van der Waals surface area contributed by atoms with Gasteiger partial charge >= 0.3 is 0 Å². The predicted octanol–water partition coefficient (Wildman–Crippen LogP) is 3.58. The minimum atomic E-state index is -0.962. The van der Waals surface area contributed by atoms with E-state index in [1.54, 1.807) is 53.4 Å². The van der Waals surface area contributed by atoms with Gasteiger partial charge in [0.25, 0.3) is 11.8 Å². The van der Waals surface area contributed by atoms with Crippen LogP contribution in [0.25, 0.3) is 10.8 Å². The first-order chi connectivity index (χ1) is 19.9. The van der Waals surface area contributed by atoms with Gasteiger partial charge in [-0.25, -0.2) is 0 Å². The first-order valence-corrected chi connectivity index (χ1v) is 13.7. The lowest BCUT2D eigenvalue weighted by Gasteiger charge is -2.28. The number of nitrogens with zero attached hydrogens (tertiary/aromatic N) is 2. The van der Waals surface area contributed by atoms with Crippen LogP contribution in [0.15, 0.2) is 97.1 Å². The van der Waals surface area contributed by atoms with Crippen molar-refractivity contribution < 1.29 is 24.3 Å². The van der Waals surface area contributed by atoms with Gasteiger partial charge in [-0.1, -0.05) is 66.7 Å². The van der Waals surface area contributed by atoms with E-state index in [2.05, 4.69) is 5.32 Å². The van der Waals surface area contributed by atoms with Crippen molar-refractivity contribution in [3.63, 3.8) is 0 Å². The first kappa shape index (κ1) is 26.3. The van der Waals surface area contributed by atoms with E-state index >= 15 is 0 Å². The summed E-state index contributed by atoms with van der Waals surface area (Å²) in [5.41, 5.74) is 1.69. The van der Waals surface area contributed by atoms with Gasteiger partial charge < -0.3 is 20.2 Å². The maximum Gasteiger partial charge on any atom is 0.254 e. The number of aromatic hydroxyl groups is 1. The Labute approximate surface area is 237 Å². The largest absolute Gasteiger partial charge is 0.508 e. The number of benzene rings is 4. The number of amides is 3. The summed E-state index contributed by atoms with van der Waals surface area (Å²) in [6, 6.07) is 26.1. The van der Waals surface area contributed by atoms with Gasteiger partial charge in [-0.3, -0.25) is 19.2 Å². The van der Waals surface area contributed by atoms with Gasteiger partial charge in [0.05, 0.1) is 12.6 Å². The Morgan fingerprint density at radius 1 is 0.854 bits per heavy atom. The zero-order valence-electron chi connectivity index (χ0n) is 22.3. The summed E-state index contributed by atoms with van der Waals surface area (Å²) in [7, 11) is 0. The van der Waals surface area contributed by atoms with Gasteiger partial charge in [0.2, 0.25) is 5.91 Å². The molecule has 8 heteroatoms. The molecule has 206 valence electrons. The van der Waals surface area contributed by atoms with Crippen LogP contribution in [0.2, 0.25) is 0 Å². The Hall–Kier alpha value is -4.98. The highest BCUT2D eigenvalue weighted by Gasteiger charge is 2.52. The normalized spacial score (nSPS) is 18.8. The van der Waals surface area contributed by atoms with Gasteiger partial charge in [0, 0.05) is 24.1 Å². The Balaban J connectivity index is 1.27. The summed E-state index contributed by atoms with van der Waals surface area (Å²) < 4.78 is 0. The fraction of sp³-hybridized carbons (Fsp3) is 0.212. The van der Waals surface area contributed by atoms with E-state index in [-0.39, 0.29) is 36.3 Å². The number of likely N-dealkylation sites (tertiary alicyclic amines) is 2. The summed E-state index contributed by atoms with van der Waals surface area (Å²) in [5.74, 6) is -1.09. The van der Waals surface area contributed by atoms with Crippen molar-refractivity contribution >= 4 is 34.3 Å². The summed E-state index contributed by atoms with van der Waals surface area (Å²) in [4.78, 5) is 57.2. The molecular formula is C33H29N3O5. The van der Waals surface area contributed by atoms with Crippen molar-refractivity contribution in [1.82, 2.24) is 15.1 Å². The molecule has 2 aliphatic rings. The van der Waals surface area contributed by atoms with Gasteiger partial charge in [0.1, 0.15) is 17.8 Å². The molecule has 2 aliphatic heterocycles. The summed E-state index contributed by atoms with van der Waals surface area (Å²) in [6.45, 7) is 0.243. The van der Waals surface area contributed by atoms with Crippen LogP contribution in [0, 0.1) is 0 Å². The predicted molar refractivity (Wildman–Crippen MR) is 153 cm³/mol. The number of ketones is 1. The van der Waals surface area contributed by atoms with Crippen LogP contribution in [0.1, 0.15) is 32.7 Å². The Kier molecular flexibility index (Phi) is 6.97. The number of rotatable bonds is 6. The van der Waals surface area contributed by atoms with E-state index in [0.717, 1.165) is 16.3 Å². The average Bonchev–Trinajstić information content (AvgIpc) is 3.58. The molecule has 2 N–H and O–H groups in total. The fourth-order valence-electron chi connectivity index (χ4n) is 6.01. The zero-order chi connectivity index (χ0) is 28.5. The Morgan fingerprint density at radius 2 is 1.56 bits per heavy atom. The Bertz CT molecular complexity index is 1630. The maximum absolute atomic E-state index is 14.1. The van der Waals surface area contributed by atoms with E-state index in [1.165, 1.54) is 17.0 Å². The molecule has 4 aromatic carbocycles. The number of fused-ring (bicyclic) bond motifs is 2. The minimum Gasteiger partial charge on any atom is -0.508 e. The van der Waals surface area contributed by atoms with Gasteiger partial charge in [-0.05, 0) is 53.1 Å². The number of hydrogen-bond donors (Lipinski definition) is 2. The highest BCUT2D eigenvalue weighted by Crippen LogP contribution is 2.32. The van der Waals surface area contributed by atoms with E-state index in [1.807, 2.05) is 36.4 Å². The lowest BCUT2D eigenvalue weighted by Crippen LogP contribution is -2.53. The summed E-state index contributed by atoms with van der Waals surface area (Å²) in [5, 5.41) is 14.3. The van der Waals surface area contributed by atoms with E-state index < -0.39 is 24.0 Å². The second kappa shape index (κ2) is 10.9. The van der Waals surface area contributed by atoms with Crippen LogP contribution in [0.5, 0.6) is 5.75 Å². The van der Waals surface area contributed by atoms with Crippen LogP contribution >= 0.6 is 0 Å². The molecule has 3 amide bonds. The maximum atomic E-state index is 14.1. The van der Waals surface area contributed by atoms with Crippen LogP contribution in [-0.2, 0) is 16.0 Å². The van der Waals surface area contributed by atoms with Crippen LogP contribution in [0.3, 0.4) is 0 Å².